The molecule has 1 unspecified atom stereocenters. The van der Waals surface area contributed by atoms with E-state index in [-0.39, 0.29) is 6.10 Å². The fourth-order valence-corrected chi connectivity index (χ4v) is 1.68. The molecule has 1 atom stereocenters. The van der Waals surface area contributed by atoms with Gasteiger partial charge in [-0.3, -0.25) is 0 Å². The van der Waals surface area contributed by atoms with Gasteiger partial charge >= 0.3 is 0 Å². The summed E-state index contributed by atoms with van der Waals surface area (Å²) in [5.41, 5.74) is 0.899. The van der Waals surface area contributed by atoms with E-state index in [4.69, 9.17) is 4.74 Å². The predicted octanol–water partition coefficient (Wildman–Crippen LogP) is 1.56. The molecule has 1 heterocycles. The summed E-state index contributed by atoms with van der Waals surface area (Å²) < 4.78 is 7.51. The van der Waals surface area contributed by atoms with Crippen LogP contribution in [0.15, 0.2) is 24.3 Å². The number of nitrogens with one attached hydrogen (secondary N) is 1. The van der Waals surface area contributed by atoms with Gasteiger partial charge in [0.25, 0.3) is 0 Å². The summed E-state index contributed by atoms with van der Waals surface area (Å²) in [5.74, 6) is 1.60. The Morgan fingerprint density at radius 2 is 2.26 bits per heavy atom. The molecule has 0 spiro atoms. The fraction of sp³-hybridized carbons (Fsp3) is 0.462. The molecule has 0 bridgehead atoms. The van der Waals surface area contributed by atoms with Crippen LogP contribution >= 0.6 is 0 Å². The molecule has 19 heavy (non-hydrogen) atoms. The van der Waals surface area contributed by atoms with Crippen molar-refractivity contribution in [1.29, 1.82) is 0 Å². The maximum absolute atomic E-state index is 5.80. The van der Waals surface area contributed by atoms with Gasteiger partial charge in [0.1, 0.15) is 5.75 Å². The van der Waals surface area contributed by atoms with Crippen LogP contribution in [0.5, 0.6) is 5.75 Å². The lowest BCUT2D eigenvalue weighted by Crippen LogP contribution is -2.13. The minimum Gasteiger partial charge on any atom is -0.491 e. The summed E-state index contributed by atoms with van der Waals surface area (Å²) in [6.07, 6.45) is 1.17. The van der Waals surface area contributed by atoms with Crippen molar-refractivity contribution in [2.45, 2.75) is 32.9 Å². The smallest absolute Gasteiger partial charge is 0.170 e. The first-order valence-electron chi connectivity index (χ1n) is 6.43. The molecule has 2 aromatic rings. The lowest BCUT2D eigenvalue weighted by Gasteiger charge is -2.13. The minimum absolute atomic E-state index is 0.195. The molecule has 1 aromatic carbocycles. The highest BCUT2D eigenvalue weighted by molar-refractivity contribution is 5.38. The van der Waals surface area contributed by atoms with E-state index in [1.54, 1.807) is 4.68 Å². The number of ether oxygens (including phenoxy) is 1. The minimum atomic E-state index is 0.195. The van der Waals surface area contributed by atoms with E-state index in [9.17, 15) is 0 Å². The van der Waals surface area contributed by atoms with Crippen LogP contribution in [0, 0.1) is 0 Å². The average Bonchev–Trinajstić information content (AvgIpc) is 2.87. The summed E-state index contributed by atoms with van der Waals surface area (Å²) in [7, 11) is 1.86. The summed E-state index contributed by atoms with van der Waals surface area (Å²) in [5, 5.41) is 14.7. The average molecular weight is 261 g/mol. The van der Waals surface area contributed by atoms with Gasteiger partial charge in [0.05, 0.1) is 18.3 Å². The molecular weight excluding hydrogens is 242 g/mol. The van der Waals surface area contributed by atoms with Crippen LogP contribution in [0.4, 0.5) is 0 Å². The Morgan fingerprint density at radius 3 is 3.00 bits per heavy atom. The topological polar surface area (TPSA) is 64.9 Å². The molecule has 0 aliphatic heterocycles. The Kier molecular flexibility index (Phi) is 4.46. The molecule has 0 radical (unpaired) electrons. The third-order valence-corrected chi connectivity index (χ3v) is 2.84. The highest BCUT2D eigenvalue weighted by Gasteiger charge is 2.09. The van der Waals surface area contributed by atoms with E-state index in [1.165, 1.54) is 0 Å². The maximum Gasteiger partial charge on any atom is 0.170 e. The molecule has 102 valence electrons. The van der Waals surface area contributed by atoms with Gasteiger partial charge in [0, 0.05) is 6.07 Å². The van der Waals surface area contributed by atoms with E-state index in [0.717, 1.165) is 23.7 Å². The van der Waals surface area contributed by atoms with Crippen molar-refractivity contribution in [1.82, 2.24) is 25.5 Å². The van der Waals surface area contributed by atoms with E-state index < -0.39 is 0 Å². The van der Waals surface area contributed by atoms with Crippen molar-refractivity contribution in [2.75, 3.05) is 7.05 Å². The highest BCUT2D eigenvalue weighted by Crippen LogP contribution is 2.18. The molecule has 6 heteroatoms. The van der Waals surface area contributed by atoms with Gasteiger partial charge in [-0.25, -0.2) is 0 Å². The van der Waals surface area contributed by atoms with Crippen LogP contribution in [0.1, 0.15) is 26.1 Å². The zero-order valence-corrected chi connectivity index (χ0v) is 11.5. The van der Waals surface area contributed by atoms with E-state index in [2.05, 4.69) is 34.7 Å². The summed E-state index contributed by atoms with van der Waals surface area (Å²) in [6.45, 7) is 4.76. The Bertz CT molecular complexity index is 525. The second kappa shape index (κ2) is 6.29. The molecule has 1 N–H and O–H groups in total. The highest BCUT2D eigenvalue weighted by atomic mass is 16.5. The second-order valence-electron chi connectivity index (χ2n) is 4.37. The third-order valence-electron chi connectivity index (χ3n) is 2.84. The Morgan fingerprint density at radius 1 is 1.42 bits per heavy atom. The molecule has 6 nitrogen and oxygen atoms in total. The zero-order chi connectivity index (χ0) is 13.7. The van der Waals surface area contributed by atoms with Crippen LogP contribution in [0.25, 0.3) is 5.69 Å². The zero-order valence-electron chi connectivity index (χ0n) is 11.5. The molecule has 1 aromatic heterocycles. The molecule has 0 saturated carbocycles. The quantitative estimate of drug-likeness (QED) is 0.855. The summed E-state index contributed by atoms with van der Waals surface area (Å²) in [6, 6.07) is 7.79. The van der Waals surface area contributed by atoms with Crippen molar-refractivity contribution in [3.05, 3.63) is 30.1 Å². The van der Waals surface area contributed by atoms with Crippen LogP contribution in [-0.2, 0) is 6.54 Å². The van der Waals surface area contributed by atoms with Crippen LogP contribution < -0.4 is 10.1 Å². The van der Waals surface area contributed by atoms with E-state index in [0.29, 0.717) is 6.54 Å². The van der Waals surface area contributed by atoms with Gasteiger partial charge in [-0.05, 0) is 43.0 Å². The van der Waals surface area contributed by atoms with Crippen molar-refractivity contribution >= 4 is 0 Å². The number of aromatic nitrogens is 4. The lowest BCUT2D eigenvalue weighted by atomic mass is 10.2. The Balaban J connectivity index is 2.24. The second-order valence-corrected chi connectivity index (χ2v) is 4.37. The van der Waals surface area contributed by atoms with Crippen molar-refractivity contribution in [3.8, 4) is 11.4 Å². The number of hydrogen-bond acceptors (Lipinski definition) is 5. The molecule has 2 rings (SSSR count). The largest absolute Gasteiger partial charge is 0.491 e. The summed E-state index contributed by atoms with van der Waals surface area (Å²) >= 11 is 0. The van der Waals surface area contributed by atoms with Crippen LogP contribution in [-0.4, -0.2) is 33.4 Å². The third kappa shape index (κ3) is 3.29. The first-order chi connectivity index (χ1) is 9.24. The van der Waals surface area contributed by atoms with Gasteiger partial charge in [0.15, 0.2) is 5.82 Å². The molecular formula is C13H19N5O. The van der Waals surface area contributed by atoms with Crippen molar-refractivity contribution in [3.63, 3.8) is 0 Å². The maximum atomic E-state index is 5.80. The molecule has 0 fully saturated rings. The van der Waals surface area contributed by atoms with Crippen molar-refractivity contribution < 1.29 is 4.74 Å². The number of rotatable bonds is 6. The molecule has 0 aliphatic rings. The standard InChI is InChI=1S/C13H19N5O/c1-4-10(2)19-12-7-5-6-11(8-12)18-13(9-14-3)15-16-17-18/h5-8,10,14H,4,9H2,1-3H3. The van der Waals surface area contributed by atoms with Crippen LogP contribution in [0.3, 0.4) is 0 Å². The number of nitrogens with zero attached hydrogens (tertiary/aromatic N) is 4. The van der Waals surface area contributed by atoms with Gasteiger partial charge in [-0.1, -0.05) is 13.0 Å². The monoisotopic (exact) mass is 261 g/mol. The Labute approximate surface area is 112 Å². The lowest BCUT2D eigenvalue weighted by molar-refractivity contribution is 0.217. The van der Waals surface area contributed by atoms with Gasteiger partial charge in [-0.2, -0.15) is 4.68 Å². The molecule has 0 amide bonds. The van der Waals surface area contributed by atoms with Gasteiger partial charge in [-0.15, -0.1) is 5.10 Å². The fourth-order valence-electron chi connectivity index (χ4n) is 1.68. The van der Waals surface area contributed by atoms with Gasteiger partial charge < -0.3 is 10.1 Å². The Hall–Kier alpha value is -1.95. The van der Waals surface area contributed by atoms with Crippen molar-refractivity contribution in [2.24, 2.45) is 0 Å². The van der Waals surface area contributed by atoms with E-state index >= 15 is 0 Å². The summed E-state index contributed by atoms with van der Waals surface area (Å²) in [4.78, 5) is 0. The van der Waals surface area contributed by atoms with E-state index in [1.807, 2.05) is 31.3 Å². The first-order valence-corrected chi connectivity index (χ1v) is 6.43. The van der Waals surface area contributed by atoms with Crippen LogP contribution in [0.2, 0.25) is 0 Å². The molecule has 0 aliphatic carbocycles. The first kappa shape index (κ1) is 13.5. The van der Waals surface area contributed by atoms with Gasteiger partial charge in [0.2, 0.25) is 0 Å². The number of hydrogen-bond donors (Lipinski definition) is 1. The SMILES string of the molecule is CCC(C)Oc1cccc(-n2nnnc2CNC)c1. The molecule has 0 saturated heterocycles. The number of benzene rings is 1. The normalized spacial score (nSPS) is 12.4. The number of tetrazole rings is 1. The predicted molar refractivity (Wildman–Crippen MR) is 72.3 cm³/mol.